The first-order chi connectivity index (χ1) is 10.2. The summed E-state index contributed by atoms with van der Waals surface area (Å²) in [5.74, 6) is 0.117. The molecule has 1 aromatic carbocycles. The number of nitrogens with one attached hydrogen (secondary N) is 2. The van der Waals surface area contributed by atoms with Crippen molar-refractivity contribution >= 4 is 29.9 Å². The van der Waals surface area contributed by atoms with E-state index in [4.69, 9.17) is 10.5 Å². The Morgan fingerprint density at radius 1 is 1.36 bits per heavy atom. The summed E-state index contributed by atoms with van der Waals surface area (Å²) in [5.41, 5.74) is 5.70. The van der Waals surface area contributed by atoms with Crippen molar-refractivity contribution in [3.8, 4) is 5.75 Å². The third kappa shape index (κ3) is 5.54. The highest BCUT2D eigenvalue weighted by Crippen LogP contribution is 2.25. The lowest BCUT2D eigenvalue weighted by Gasteiger charge is -2.22. The molecule has 22 heavy (non-hydrogen) atoms. The molecule has 122 valence electrons. The molecule has 1 unspecified atom stereocenters. The van der Waals surface area contributed by atoms with E-state index in [1.54, 1.807) is 12.1 Å². The summed E-state index contributed by atoms with van der Waals surface area (Å²) in [6, 6.07) is 7.19. The molecule has 0 bridgehead atoms. The van der Waals surface area contributed by atoms with E-state index in [-0.39, 0.29) is 37.3 Å². The molecule has 1 aromatic rings. The van der Waals surface area contributed by atoms with E-state index in [9.17, 15) is 9.59 Å². The average Bonchev–Trinajstić information content (AvgIpc) is 2.49. The minimum absolute atomic E-state index is 0. The Kier molecular flexibility index (Phi) is 7.70. The Morgan fingerprint density at radius 2 is 2.14 bits per heavy atom. The average molecular weight is 328 g/mol. The van der Waals surface area contributed by atoms with Gasteiger partial charge in [-0.25, -0.2) is 0 Å². The summed E-state index contributed by atoms with van der Waals surface area (Å²) in [6.45, 7) is 1.88. The number of hydrogen-bond donors (Lipinski definition) is 3. The van der Waals surface area contributed by atoms with Gasteiger partial charge in [0.05, 0.1) is 24.6 Å². The first-order valence-electron chi connectivity index (χ1n) is 7.18. The van der Waals surface area contributed by atoms with Crippen molar-refractivity contribution in [2.45, 2.75) is 19.3 Å². The van der Waals surface area contributed by atoms with Crippen molar-refractivity contribution in [2.24, 2.45) is 11.7 Å². The lowest BCUT2D eigenvalue weighted by molar-refractivity contribution is -0.120. The number of primary amides is 1. The Hall–Kier alpha value is -1.79. The number of carbonyl (C=O) groups excluding carboxylic acids is 2. The van der Waals surface area contributed by atoms with E-state index < -0.39 is 5.91 Å². The molecule has 1 saturated heterocycles. The number of hydrogen-bond acceptors (Lipinski definition) is 4. The van der Waals surface area contributed by atoms with Crippen LogP contribution in [0.4, 0.5) is 5.69 Å². The van der Waals surface area contributed by atoms with Gasteiger partial charge in [0.2, 0.25) is 11.8 Å². The van der Waals surface area contributed by atoms with Crippen molar-refractivity contribution < 1.29 is 14.3 Å². The number of halogens is 1. The monoisotopic (exact) mass is 327 g/mol. The number of benzene rings is 1. The first kappa shape index (κ1) is 18.3. The molecule has 0 radical (unpaired) electrons. The summed E-state index contributed by atoms with van der Waals surface area (Å²) < 4.78 is 5.51. The summed E-state index contributed by atoms with van der Waals surface area (Å²) in [5, 5.41) is 6.12. The Bertz CT molecular complexity index is 505. The van der Waals surface area contributed by atoms with Crippen molar-refractivity contribution in [2.75, 3.05) is 25.0 Å². The lowest BCUT2D eigenvalue weighted by Crippen LogP contribution is -2.37. The van der Waals surface area contributed by atoms with Crippen molar-refractivity contribution in [1.82, 2.24) is 5.32 Å². The zero-order chi connectivity index (χ0) is 15.1. The topological polar surface area (TPSA) is 93.5 Å². The van der Waals surface area contributed by atoms with Gasteiger partial charge < -0.3 is 21.1 Å². The fraction of sp³-hybridized carbons (Fsp3) is 0.467. The molecule has 6 nitrogen and oxygen atoms in total. The molecule has 0 saturated carbocycles. The number of anilines is 1. The number of nitrogens with two attached hydrogens (primary N) is 1. The Balaban J connectivity index is 0.00000242. The van der Waals surface area contributed by atoms with Gasteiger partial charge in [0.1, 0.15) is 5.75 Å². The third-order valence-corrected chi connectivity index (χ3v) is 3.42. The molecule has 1 heterocycles. The highest BCUT2D eigenvalue weighted by Gasteiger charge is 2.21. The number of para-hydroxylation sites is 2. The van der Waals surface area contributed by atoms with Gasteiger partial charge in [-0.2, -0.15) is 0 Å². The van der Waals surface area contributed by atoms with E-state index in [1.165, 1.54) is 0 Å². The lowest BCUT2D eigenvalue weighted by atomic mass is 9.99. The van der Waals surface area contributed by atoms with E-state index in [1.807, 2.05) is 12.1 Å². The summed E-state index contributed by atoms with van der Waals surface area (Å²) in [4.78, 5) is 22.9. The molecule has 2 rings (SSSR count). The van der Waals surface area contributed by atoms with E-state index >= 15 is 0 Å². The number of piperidine rings is 1. The van der Waals surface area contributed by atoms with Crippen LogP contribution >= 0.6 is 12.4 Å². The minimum atomic E-state index is -0.412. The fourth-order valence-electron chi connectivity index (χ4n) is 2.27. The van der Waals surface area contributed by atoms with Gasteiger partial charge in [-0.05, 0) is 31.5 Å². The zero-order valence-corrected chi connectivity index (χ0v) is 13.2. The van der Waals surface area contributed by atoms with E-state index in [0.29, 0.717) is 18.0 Å². The third-order valence-electron chi connectivity index (χ3n) is 3.42. The Labute approximate surface area is 136 Å². The highest BCUT2D eigenvalue weighted by molar-refractivity contribution is 5.94. The second-order valence-electron chi connectivity index (χ2n) is 5.09. The molecular formula is C15H22ClN3O3. The molecule has 7 heteroatoms. The van der Waals surface area contributed by atoms with Crippen LogP contribution in [-0.2, 0) is 9.59 Å². The predicted molar refractivity (Wildman–Crippen MR) is 87.2 cm³/mol. The van der Waals surface area contributed by atoms with Gasteiger partial charge >= 0.3 is 0 Å². The van der Waals surface area contributed by atoms with Crippen molar-refractivity contribution in [3.63, 3.8) is 0 Å². The van der Waals surface area contributed by atoms with E-state index in [0.717, 1.165) is 19.4 Å². The number of carbonyl (C=O) groups is 2. The molecule has 4 N–H and O–H groups in total. The predicted octanol–water partition coefficient (Wildman–Crippen LogP) is 1.30. The Morgan fingerprint density at radius 3 is 2.82 bits per heavy atom. The summed E-state index contributed by atoms with van der Waals surface area (Å²) in [6.07, 6.45) is 2.05. The van der Waals surface area contributed by atoms with Crippen molar-refractivity contribution in [1.29, 1.82) is 0 Å². The van der Waals surface area contributed by atoms with Gasteiger partial charge in [0, 0.05) is 6.54 Å². The minimum Gasteiger partial charge on any atom is -0.491 e. The molecule has 0 aromatic heterocycles. The van der Waals surface area contributed by atoms with Crippen LogP contribution in [0.25, 0.3) is 0 Å². The van der Waals surface area contributed by atoms with Crippen LogP contribution in [0.15, 0.2) is 24.3 Å². The van der Waals surface area contributed by atoms with Gasteiger partial charge in [-0.3, -0.25) is 9.59 Å². The zero-order valence-electron chi connectivity index (χ0n) is 12.3. The molecule has 1 atom stereocenters. The number of rotatable bonds is 6. The van der Waals surface area contributed by atoms with Crippen LogP contribution in [0.5, 0.6) is 5.75 Å². The molecule has 2 amide bonds. The normalized spacial score (nSPS) is 17.2. The highest BCUT2D eigenvalue weighted by atomic mass is 35.5. The maximum absolute atomic E-state index is 12.2. The van der Waals surface area contributed by atoms with Crippen LogP contribution in [0, 0.1) is 5.92 Å². The van der Waals surface area contributed by atoms with Gasteiger partial charge in [0.25, 0.3) is 0 Å². The van der Waals surface area contributed by atoms with Gasteiger partial charge in [-0.15, -0.1) is 12.4 Å². The molecule has 1 aliphatic heterocycles. The number of ether oxygens (including phenoxy) is 1. The summed E-state index contributed by atoms with van der Waals surface area (Å²) >= 11 is 0. The SMILES string of the molecule is Cl.NC(=O)CCOc1ccccc1NC(=O)C1CCCNC1. The second-order valence-corrected chi connectivity index (χ2v) is 5.09. The molecule has 1 aliphatic rings. The molecular weight excluding hydrogens is 306 g/mol. The smallest absolute Gasteiger partial charge is 0.228 e. The van der Waals surface area contributed by atoms with Crippen LogP contribution < -0.4 is 21.1 Å². The van der Waals surface area contributed by atoms with Crippen LogP contribution in [-0.4, -0.2) is 31.5 Å². The largest absolute Gasteiger partial charge is 0.491 e. The number of amides is 2. The maximum atomic E-state index is 12.2. The molecule has 0 aliphatic carbocycles. The van der Waals surface area contributed by atoms with Crippen LogP contribution in [0.2, 0.25) is 0 Å². The quantitative estimate of drug-likeness (QED) is 0.734. The van der Waals surface area contributed by atoms with Crippen LogP contribution in [0.1, 0.15) is 19.3 Å². The van der Waals surface area contributed by atoms with Crippen LogP contribution in [0.3, 0.4) is 0 Å². The second kappa shape index (κ2) is 9.27. The van der Waals surface area contributed by atoms with Gasteiger partial charge in [0.15, 0.2) is 0 Å². The van der Waals surface area contributed by atoms with Gasteiger partial charge in [-0.1, -0.05) is 12.1 Å². The molecule has 0 spiro atoms. The maximum Gasteiger partial charge on any atom is 0.228 e. The van der Waals surface area contributed by atoms with E-state index in [2.05, 4.69) is 10.6 Å². The summed E-state index contributed by atoms with van der Waals surface area (Å²) in [7, 11) is 0. The fourth-order valence-corrected chi connectivity index (χ4v) is 2.27. The standard InChI is InChI=1S/C15H21N3O3.ClH/c16-14(19)7-9-21-13-6-2-1-5-12(13)18-15(20)11-4-3-8-17-10-11;/h1-2,5-6,11,17H,3-4,7-10H2,(H2,16,19)(H,18,20);1H. The van der Waals surface area contributed by atoms with Crippen molar-refractivity contribution in [3.05, 3.63) is 24.3 Å². The molecule has 1 fully saturated rings. The first-order valence-corrected chi connectivity index (χ1v) is 7.18.